The Morgan fingerprint density at radius 3 is 2.50 bits per heavy atom. The van der Waals surface area contributed by atoms with Crippen LogP contribution in [0.25, 0.3) is 0 Å². The Balaban J connectivity index is 1.64. The molecule has 126 valence electrons. The summed E-state index contributed by atoms with van der Waals surface area (Å²) in [4.78, 5) is 2.34. The van der Waals surface area contributed by atoms with Crippen LogP contribution in [0.3, 0.4) is 0 Å². The maximum atomic E-state index is 6.46. The van der Waals surface area contributed by atoms with E-state index in [0.717, 1.165) is 29.1 Å². The second kappa shape index (κ2) is 6.71. The van der Waals surface area contributed by atoms with Gasteiger partial charge in [-0.15, -0.1) is 0 Å². The van der Waals surface area contributed by atoms with E-state index in [1.54, 1.807) is 0 Å². The molecule has 0 bridgehead atoms. The summed E-state index contributed by atoms with van der Waals surface area (Å²) in [6.07, 6.45) is 5.45. The third-order valence-corrected chi connectivity index (χ3v) is 6.18. The molecule has 1 saturated carbocycles. The standard InChI is InChI=1S/C21H23Cl2N/c1-24-12-19(18-10-17(22)11-21(23)20(18)13-24)16-7-5-15(6-8-16)9-14-3-2-4-14/h5-8,10-11,14,19H,2-4,9,12-13H2,1H3. The number of hydrogen-bond acceptors (Lipinski definition) is 1. The summed E-state index contributed by atoms with van der Waals surface area (Å²) >= 11 is 12.7. The van der Waals surface area contributed by atoms with Gasteiger partial charge in [0.1, 0.15) is 0 Å². The minimum atomic E-state index is 0.340. The first kappa shape index (κ1) is 16.4. The zero-order valence-electron chi connectivity index (χ0n) is 14.1. The van der Waals surface area contributed by atoms with Crippen LogP contribution in [0.5, 0.6) is 0 Å². The molecule has 2 aromatic carbocycles. The Labute approximate surface area is 154 Å². The minimum Gasteiger partial charge on any atom is -0.301 e. The minimum absolute atomic E-state index is 0.340. The first-order valence-electron chi connectivity index (χ1n) is 8.85. The summed E-state index contributed by atoms with van der Waals surface area (Å²) in [7, 11) is 2.16. The molecule has 1 nitrogen and oxygen atoms in total. The quantitative estimate of drug-likeness (QED) is 0.657. The molecule has 0 N–H and O–H groups in total. The molecule has 1 aliphatic heterocycles. The summed E-state index contributed by atoms with van der Waals surface area (Å²) in [5, 5.41) is 1.52. The summed E-state index contributed by atoms with van der Waals surface area (Å²) in [6, 6.07) is 13.2. The monoisotopic (exact) mass is 359 g/mol. The number of halogens is 2. The molecule has 1 atom stereocenters. The van der Waals surface area contributed by atoms with E-state index in [1.165, 1.54) is 47.9 Å². The first-order chi connectivity index (χ1) is 11.6. The van der Waals surface area contributed by atoms with Gasteiger partial charge in [0.15, 0.2) is 0 Å². The van der Waals surface area contributed by atoms with Gasteiger partial charge in [0, 0.05) is 29.1 Å². The molecule has 24 heavy (non-hydrogen) atoms. The number of fused-ring (bicyclic) bond motifs is 1. The molecule has 4 rings (SSSR count). The number of nitrogens with zero attached hydrogens (tertiary/aromatic N) is 1. The fourth-order valence-electron chi connectivity index (χ4n) is 4.05. The van der Waals surface area contributed by atoms with Gasteiger partial charge in [-0.05, 0) is 53.8 Å². The average molecular weight is 360 g/mol. The van der Waals surface area contributed by atoms with Crippen molar-refractivity contribution in [1.82, 2.24) is 4.90 Å². The van der Waals surface area contributed by atoms with Crippen molar-refractivity contribution >= 4 is 23.2 Å². The van der Waals surface area contributed by atoms with Crippen molar-refractivity contribution in [3.8, 4) is 0 Å². The van der Waals surface area contributed by atoms with E-state index >= 15 is 0 Å². The van der Waals surface area contributed by atoms with E-state index in [9.17, 15) is 0 Å². The van der Waals surface area contributed by atoms with Crippen LogP contribution in [0.4, 0.5) is 0 Å². The molecule has 0 radical (unpaired) electrons. The molecule has 1 unspecified atom stereocenters. The predicted molar refractivity (Wildman–Crippen MR) is 102 cm³/mol. The summed E-state index contributed by atoms with van der Waals surface area (Å²) in [6.45, 7) is 1.90. The lowest BCUT2D eigenvalue weighted by molar-refractivity contribution is 0.295. The van der Waals surface area contributed by atoms with Gasteiger partial charge >= 0.3 is 0 Å². The van der Waals surface area contributed by atoms with Crippen LogP contribution < -0.4 is 0 Å². The van der Waals surface area contributed by atoms with Crippen LogP contribution in [-0.2, 0) is 13.0 Å². The fourth-order valence-corrected chi connectivity index (χ4v) is 4.62. The van der Waals surface area contributed by atoms with E-state index in [4.69, 9.17) is 23.2 Å². The second-order valence-electron chi connectivity index (χ2n) is 7.45. The zero-order chi connectivity index (χ0) is 16.7. The largest absolute Gasteiger partial charge is 0.301 e. The van der Waals surface area contributed by atoms with E-state index in [2.05, 4.69) is 42.3 Å². The van der Waals surface area contributed by atoms with Crippen molar-refractivity contribution in [2.75, 3.05) is 13.6 Å². The SMILES string of the molecule is CN1Cc2c(Cl)cc(Cl)cc2C(c2ccc(CC3CCC3)cc2)C1. The molecule has 0 amide bonds. The first-order valence-corrected chi connectivity index (χ1v) is 9.61. The summed E-state index contributed by atoms with van der Waals surface area (Å²) < 4.78 is 0. The highest BCUT2D eigenvalue weighted by Gasteiger charge is 2.27. The van der Waals surface area contributed by atoms with Crippen LogP contribution in [0, 0.1) is 5.92 Å². The number of likely N-dealkylation sites (N-methyl/N-ethyl adjacent to an activating group) is 1. The third kappa shape index (κ3) is 3.22. The Morgan fingerprint density at radius 2 is 1.83 bits per heavy atom. The molecule has 2 aromatic rings. The van der Waals surface area contributed by atoms with Gasteiger partial charge in [-0.3, -0.25) is 0 Å². The zero-order valence-corrected chi connectivity index (χ0v) is 15.6. The van der Waals surface area contributed by atoms with Crippen LogP contribution in [-0.4, -0.2) is 18.5 Å². The predicted octanol–water partition coefficient (Wildman–Crippen LogP) is 5.91. The molecule has 1 aliphatic carbocycles. The molecule has 0 spiro atoms. The maximum Gasteiger partial charge on any atom is 0.0468 e. The fraction of sp³-hybridized carbons (Fsp3) is 0.429. The van der Waals surface area contributed by atoms with Crippen LogP contribution in [0.2, 0.25) is 10.0 Å². The Bertz CT molecular complexity index is 734. The van der Waals surface area contributed by atoms with Crippen molar-refractivity contribution in [2.45, 2.75) is 38.1 Å². The van der Waals surface area contributed by atoms with Gasteiger partial charge in [-0.2, -0.15) is 0 Å². The molecule has 1 heterocycles. The normalized spacial score (nSPS) is 21.4. The smallest absolute Gasteiger partial charge is 0.0468 e. The summed E-state index contributed by atoms with van der Waals surface area (Å²) in [5.74, 6) is 1.25. The highest BCUT2D eigenvalue weighted by atomic mass is 35.5. The molecule has 1 fully saturated rings. The molecular weight excluding hydrogens is 337 g/mol. The van der Waals surface area contributed by atoms with E-state index in [0.29, 0.717) is 5.92 Å². The Hall–Kier alpha value is -1.02. The van der Waals surface area contributed by atoms with Gasteiger partial charge in [0.05, 0.1) is 0 Å². The van der Waals surface area contributed by atoms with Gasteiger partial charge in [0.2, 0.25) is 0 Å². The van der Waals surface area contributed by atoms with Gasteiger partial charge in [-0.1, -0.05) is 66.7 Å². The number of rotatable bonds is 3. The lowest BCUT2D eigenvalue weighted by atomic mass is 9.80. The van der Waals surface area contributed by atoms with Crippen molar-refractivity contribution in [2.24, 2.45) is 5.92 Å². The van der Waals surface area contributed by atoms with Crippen LogP contribution in [0.1, 0.15) is 47.4 Å². The topological polar surface area (TPSA) is 3.24 Å². The van der Waals surface area contributed by atoms with E-state index < -0.39 is 0 Å². The lowest BCUT2D eigenvalue weighted by Crippen LogP contribution is -2.31. The Kier molecular flexibility index (Phi) is 4.60. The van der Waals surface area contributed by atoms with E-state index in [1.807, 2.05) is 6.07 Å². The molecule has 3 heteroatoms. The lowest BCUT2D eigenvalue weighted by Gasteiger charge is -2.33. The number of benzene rings is 2. The van der Waals surface area contributed by atoms with Crippen LogP contribution in [0.15, 0.2) is 36.4 Å². The van der Waals surface area contributed by atoms with Crippen molar-refractivity contribution in [1.29, 1.82) is 0 Å². The molecule has 0 aromatic heterocycles. The van der Waals surface area contributed by atoms with Crippen molar-refractivity contribution in [3.05, 3.63) is 68.7 Å². The Morgan fingerprint density at radius 1 is 1.08 bits per heavy atom. The highest BCUT2D eigenvalue weighted by Crippen LogP contribution is 2.38. The average Bonchev–Trinajstić information content (AvgIpc) is 2.52. The molecular formula is C21H23Cl2N. The van der Waals surface area contributed by atoms with Crippen molar-refractivity contribution in [3.63, 3.8) is 0 Å². The van der Waals surface area contributed by atoms with Gasteiger partial charge in [0.25, 0.3) is 0 Å². The van der Waals surface area contributed by atoms with Gasteiger partial charge < -0.3 is 4.90 Å². The van der Waals surface area contributed by atoms with Gasteiger partial charge in [-0.25, -0.2) is 0 Å². The molecule has 2 aliphatic rings. The second-order valence-corrected chi connectivity index (χ2v) is 8.29. The maximum absolute atomic E-state index is 6.46. The van der Waals surface area contributed by atoms with Crippen molar-refractivity contribution < 1.29 is 0 Å². The number of hydrogen-bond donors (Lipinski definition) is 0. The third-order valence-electron chi connectivity index (χ3n) is 5.62. The van der Waals surface area contributed by atoms with E-state index in [-0.39, 0.29) is 0 Å². The van der Waals surface area contributed by atoms with Crippen LogP contribution >= 0.6 is 23.2 Å². The highest BCUT2D eigenvalue weighted by molar-refractivity contribution is 6.35. The summed E-state index contributed by atoms with van der Waals surface area (Å²) in [5.41, 5.74) is 5.34. The molecule has 0 saturated heterocycles.